The number of carbonyl (C=O) groups is 1. The number of aromatic hydroxyl groups is 1. The molecule has 1 N–H and O–H groups in total. The van der Waals surface area contributed by atoms with Crippen molar-refractivity contribution in [2.24, 2.45) is 5.41 Å². The van der Waals surface area contributed by atoms with E-state index in [0.717, 1.165) is 18.4 Å². The first kappa shape index (κ1) is 11.9. The van der Waals surface area contributed by atoms with E-state index in [1.54, 1.807) is 12.1 Å². The van der Waals surface area contributed by atoms with E-state index < -0.39 is 0 Å². The van der Waals surface area contributed by atoms with Gasteiger partial charge in [-0.3, -0.25) is 0 Å². The monoisotopic (exact) mass is 235 g/mol. The number of rotatable bonds is 4. The summed E-state index contributed by atoms with van der Waals surface area (Å²) in [6, 6.07) is 6.96. The fourth-order valence-electron chi connectivity index (χ4n) is 2.15. The number of ether oxygens (including phenoxy) is 1. The Morgan fingerprint density at radius 1 is 1.47 bits per heavy atom. The predicted octanol–water partition coefficient (Wildman–Crippen LogP) is 1.43. The highest BCUT2D eigenvalue weighted by molar-refractivity contribution is 5.62. The molecule has 1 heterocycles. The van der Waals surface area contributed by atoms with Crippen molar-refractivity contribution in [2.45, 2.75) is 6.42 Å². The summed E-state index contributed by atoms with van der Waals surface area (Å²) in [5.41, 5.74) is 0.600. The van der Waals surface area contributed by atoms with Gasteiger partial charge in [0, 0.05) is 25.9 Å². The van der Waals surface area contributed by atoms with Gasteiger partial charge in [0.1, 0.15) is 12.0 Å². The number of nitrogens with zero attached hydrogens (tertiary/aromatic N) is 1. The molecule has 0 saturated carbocycles. The minimum absolute atomic E-state index is 0.247. The molecule has 1 aliphatic rings. The van der Waals surface area contributed by atoms with Gasteiger partial charge >= 0.3 is 0 Å². The highest BCUT2D eigenvalue weighted by atomic mass is 16.5. The fourth-order valence-corrected chi connectivity index (χ4v) is 2.15. The number of carbonyl (C=O) groups excluding carboxylic acids is 1. The first-order valence-electron chi connectivity index (χ1n) is 5.69. The lowest BCUT2D eigenvalue weighted by atomic mass is 9.88. The Balaban J connectivity index is 2.07. The average Bonchev–Trinajstić information content (AvgIpc) is 2.79. The van der Waals surface area contributed by atoms with Crippen LogP contribution in [0.4, 0.5) is 5.69 Å². The van der Waals surface area contributed by atoms with Crippen molar-refractivity contribution in [1.29, 1.82) is 0 Å². The van der Waals surface area contributed by atoms with Crippen LogP contribution in [0.25, 0.3) is 0 Å². The molecule has 1 saturated heterocycles. The molecular formula is C13H17NO3. The minimum atomic E-state index is -0.382. The van der Waals surface area contributed by atoms with Gasteiger partial charge in [0.2, 0.25) is 0 Å². The van der Waals surface area contributed by atoms with Crippen LogP contribution in [0.5, 0.6) is 5.75 Å². The third-order valence-electron chi connectivity index (χ3n) is 3.23. The first-order chi connectivity index (χ1) is 8.15. The summed E-state index contributed by atoms with van der Waals surface area (Å²) in [6.07, 6.45) is 1.79. The second-order valence-corrected chi connectivity index (χ2v) is 4.66. The molecule has 1 aliphatic heterocycles. The largest absolute Gasteiger partial charge is 0.508 e. The van der Waals surface area contributed by atoms with E-state index in [0.29, 0.717) is 19.8 Å². The second-order valence-electron chi connectivity index (χ2n) is 4.66. The molecular weight excluding hydrogens is 218 g/mol. The Morgan fingerprint density at radius 2 is 2.18 bits per heavy atom. The van der Waals surface area contributed by atoms with Crippen LogP contribution in [-0.2, 0) is 9.53 Å². The zero-order valence-corrected chi connectivity index (χ0v) is 9.93. The molecule has 0 bridgehead atoms. The van der Waals surface area contributed by atoms with Crippen LogP contribution in [0, 0.1) is 5.41 Å². The normalized spacial score (nSPS) is 23.6. The van der Waals surface area contributed by atoms with E-state index in [2.05, 4.69) is 0 Å². The number of benzene rings is 1. The summed E-state index contributed by atoms with van der Waals surface area (Å²) in [7, 11) is 1.94. The van der Waals surface area contributed by atoms with Gasteiger partial charge in [0.25, 0.3) is 0 Å². The molecule has 1 aromatic carbocycles. The Bertz CT molecular complexity index is 382. The molecule has 1 unspecified atom stereocenters. The van der Waals surface area contributed by atoms with Crippen LogP contribution in [-0.4, -0.2) is 38.2 Å². The zero-order chi connectivity index (χ0) is 12.3. The molecule has 92 valence electrons. The quantitative estimate of drug-likeness (QED) is 0.802. The van der Waals surface area contributed by atoms with E-state index >= 15 is 0 Å². The van der Waals surface area contributed by atoms with Gasteiger partial charge in [-0.1, -0.05) is 0 Å². The second kappa shape index (κ2) is 4.75. The zero-order valence-electron chi connectivity index (χ0n) is 9.93. The fraction of sp³-hybridized carbons (Fsp3) is 0.462. The van der Waals surface area contributed by atoms with Crippen molar-refractivity contribution in [3.05, 3.63) is 24.3 Å². The Hall–Kier alpha value is -1.55. The summed E-state index contributed by atoms with van der Waals surface area (Å²) in [5.74, 6) is 0.247. The smallest absolute Gasteiger partial charge is 0.130 e. The molecule has 4 nitrogen and oxygen atoms in total. The van der Waals surface area contributed by atoms with Crippen molar-refractivity contribution in [3.8, 4) is 5.75 Å². The Labute approximate surface area is 101 Å². The molecule has 2 rings (SSSR count). The number of phenols is 1. The lowest BCUT2D eigenvalue weighted by Gasteiger charge is -2.28. The van der Waals surface area contributed by atoms with E-state index in [4.69, 9.17) is 4.74 Å². The van der Waals surface area contributed by atoms with Gasteiger partial charge < -0.3 is 19.5 Å². The Kier molecular flexibility index (Phi) is 3.33. The third-order valence-corrected chi connectivity index (χ3v) is 3.23. The van der Waals surface area contributed by atoms with Gasteiger partial charge in [0.05, 0.1) is 12.0 Å². The summed E-state index contributed by atoms with van der Waals surface area (Å²) in [4.78, 5) is 13.2. The molecule has 17 heavy (non-hydrogen) atoms. The van der Waals surface area contributed by atoms with Crippen molar-refractivity contribution in [3.63, 3.8) is 0 Å². The van der Waals surface area contributed by atoms with Crippen LogP contribution in [0.3, 0.4) is 0 Å². The molecule has 0 radical (unpaired) electrons. The number of hydrogen-bond donors (Lipinski definition) is 1. The van der Waals surface area contributed by atoms with Crippen molar-refractivity contribution < 1.29 is 14.6 Å². The lowest BCUT2D eigenvalue weighted by molar-refractivity contribution is -0.115. The SMILES string of the molecule is CN(CC1(C=O)CCOC1)c1ccc(O)cc1. The van der Waals surface area contributed by atoms with Gasteiger partial charge in [-0.15, -0.1) is 0 Å². The molecule has 4 heteroatoms. The standard InChI is InChI=1S/C13H17NO3/c1-14(11-2-4-12(16)5-3-11)8-13(9-15)6-7-17-10-13/h2-5,9,16H,6-8,10H2,1H3. The van der Waals surface area contributed by atoms with Gasteiger partial charge in [-0.25, -0.2) is 0 Å². The number of phenolic OH excluding ortho intramolecular Hbond substituents is 1. The van der Waals surface area contributed by atoms with E-state index in [1.165, 1.54) is 0 Å². The Morgan fingerprint density at radius 3 is 2.71 bits per heavy atom. The molecule has 0 amide bonds. The number of aldehydes is 1. The lowest BCUT2D eigenvalue weighted by Crippen LogP contribution is -2.37. The van der Waals surface area contributed by atoms with Crippen LogP contribution < -0.4 is 4.90 Å². The number of hydrogen-bond acceptors (Lipinski definition) is 4. The highest BCUT2D eigenvalue weighted by Gasteiger charge is 2.35. The summed E-state index contributed by atoms with van der Waals surface area (Å²) >= 11 is 0. The molecule has 1 atom stereocenters. The first-order valence-corrected chi connectivity index (χ1v) is 5.69. The van der Waals surface area contributed by atoms with Crippen molar-refractivity contribution in [2.75, 3.05) is 31.7 Å². The third kappa shape index (κ3) is 2.58. The maximum Gasteiger partial charge on any atom is 0.130 e. The van der Waals surface area contributed by atoms with Crippen molar-refractivity contribution >= 4 is 12.0 Å². The summed E-state index contributed by atoms with van der Waals surface area (Å²) in [5, 5.41) is 9.22. The van der Waals surface area contributed by atoms with Crippen LogP contribution in [0.2, 0.25) is 0 Å². The maximum absolute atomic E-state index is 11.2. The van der Waals surface area contributed by atoms with Gasteiger partial charge in [-0.05, 0) is 30.7 Å². The van der Waals surface area contributed by atoms with E-state index in [9.17, 15) is 9.90 Å². The van der Waals surface area contributed by atoms with Crippen LogP contribution in [0.1, 0.15) is 6.42 Å². The van der Waals surface area contributed by atoms with Crippen molar-refractivity contribution in [1.82, 2.24) is 0 Å². The molecule has 1 fully saturated rings. The predicted molar refractivity (Wildman–Crippen MR) is 65.3 cm³/mol. The topological polar surface area (TPSA) is 49.8 Å². The molecule has 0 aromatic heterocycles. The molecule has 1 aromatic rings. The highest BCUT2D eigenvalue weighted by Crippen LogP contribution is 2.29. The molecule has 0 aliphatic carbocycles. The van der Waals surface area contributed by atoms with Crippen LogP contribution in [0.15, 0.2) is 24.3 Å². The average molecular weight is 235 g/mol. The maximum atomic E-state index is 11.2. The van der Waals surface area contributed by atoms with E-state index in [-0.39, 0.29) is 11.2 Å². The van der Waals surface area contributed by atoms with E-state index in [1.807, 2.05) is 24.1 Å². The number of anilines is 1. The minimum Gasteiger partial charge on any atom is -0.508 e. The summed E-state index contributed by atoms with van der Waals surface area (Å²) in [6.45, 7) is 1.79. The van der Waals surface area contributed by atoms with Crippen LogP contribution >= 0.6 is 0 Å². The van der Waals surface area contributed by atoms with Gasteiger partial charge in [0.15, 0.2) is 0 Å². The summed E-state index contributed by atoms with van der Waals surface area (Å²) < 4.78 is 5.31. The van der Waals surface area contributed by atoms with Gasteiger partial charge in [-0.2, -0.15) is 0 Å². The molecule has 0 spiro atoms.